The van der Waals surface area contributed by atoms with Gasteiger partial charge in [-0.3, -0.25) is 4.68 Å². The largest absolute Gasteiger partial charge is 0.386 e. The number of hydrogen-bond acceptors (Lipinski definition) is 4. The van der Waals surface area contributed by atoms with Gasteiger partial charge in [0.05, 0.1) is 5.69 Å². The van der Waals surface area contributed by atoms with E-state index in [2.05, 4.69) is 5.10 Å². The minimum atomic E-state index is -0.557. The molecule has 1 aromatic heterocycles. The van der Waals surface area contributed by atoms with Crippen LogP contribution in [0.3, 0.4) is 0 Å². The van der Waals surface area contributed by atoms with Crippen molar-refractivity contribution in [2.24, 2.45) is 11.1 Å². The summed E-state index contributed by atoms with van der Waals surface area (Å²) in [5.41, 5.74) is 6.49. The van der Waals surface area contributed by atoms with Gasteiger partial charge in [-0.2, -0.15) is 5.10 Å². The summed E-state index contributed by atoms with van der Waals surface area (Å²) in [7, 11) is 0. The maximum Gasteiger partial charge on any atom is 0.103 e. The van der Waals surface area contributed by atoms with E-state index in [4.69, 9.17) is 10.5 Å². The summed E-state index contributed by atoms with van der Waals surface area (Å²) >= 11 is 0. The summed E-state index contributed by atoms with van der Waals surface area (Å²) in [5, 5.41) is 14.8. The first-order valence-corrected chi connectivity index (χ1v) is 6.21. The molecular formula is C12H21N3O2. The van der Waals surface area contributed by atoms with Gasteiger partial charge in [0.15, 0.2) is 0 Å². The van der Waals surface area contributed by atoms with Gasteiger partial charge in [-0.15, -0.1) is 0 Å². The average molecular weight is 239 g/mol. The van der Waals surface area contributed by atoms with Crippen LogP contribution in [0.25, 0.3) is 0 Å². The molecule has 1 aromatic rings. The number of nitrogens with zero attached hydrogens (tertiary/aromatic N) is 2. The minimum absolute atomic E-state index is 0.259. The van der Waals surface area contributed by atoms with E-state index in [1.165, 1.54) is 0 Å². The number of aryl methyl sites for hydroxylation is 1. The van der Waals surface area contributed by atoms with Crippen molar-refractivity contribution in [3.63, 3.8) is 0 Å². The van der Waals surface area contributed by atoms with E-state index in [1.807, 2.05) is 17.7 Å². The molecule has 2 rings (SSSR count). The van der Waals surface area contributed by atoms with Gasteiger partial charge in [0.1, 0.15) is 6.10 Å². The van der Waals surface area contributed by atoms with Gasteiger partial charge in [-0.1, -0.05) is 0 Å². The Morgan fingerprint density at radius 1 is 1.59 bits per heavy atom. The number of ether oxygens (including phenoxy) is 1. The third-order valence-corrected chi connectivity index (χ3v) is 3.80. The number of aliphatic hydroxyl groups excluding tert-OH is 1. The summed E-state index contributed by atoms with van der Waals surface area (Å²) in [6, 6.07) is 1.88. The fraction of sp³-hybridized carbons (Fsp3) is 0.750. The van der Waals surface area contributed by atoms with E-state index in [0.717, 1.165) is 25.1 Å². The van der Waals surface area contributed by atoms with Crippen molar-refractivity contribution in [1.29, 1.82) is 0 Å². The maximum absolute atomic E-state index is 10.6. The van der Waals surface area contributed by atoms with Crippen LogP contribution in [0.5, 0.6) is 0 Å². The second kappa shape index (κ2) is 5.16. The first kappa shape index (κ1) is 12.5. The minimum Gasteiger partial charge on any atom is -0.386 e. The lowest BCUT2D eigenvalue weighted by Crippen LogP contribution is -2.42. The third kappa shape index (κ3) is 2.22. The van der Waals surface area contributed by atoms with Gasteiger partial charge >= 0.3 is 0 Å². The van der Waals surface area contributed by atoms with Crippen molar-refractivity contribution in [1.82, 2.24) is 9.78 Å². The Hall–Kier alpha value is -0.910. The van der Waals surface area contributed by atoms with Crippen LogP contribution < -0.4 is 5.73 Å². The summed E-state index contributed by atoms with van der Waals surface area (Å²) in [6.45, 7) is 4.61. The van der Waals surface area contributed by atoms with Crippen molar-refractivity contribution >= 4 is 0 Å². The molecule has 3 N–H and O–H groups in total. The zero-order valence-electron chi connectivity index (χ0n) is 10.3. The zero-order chi connectivity index (χ0) is 12.3. The van der Waals surface area contributed by atoms with Gasteiger partial charge in [0.2, 0.25) is 0 Å². The fourth-order valence-corrected chi connectivity index (χ4v) is 2.52. The molecule has 1 aliphatic rings. The number of hydrogen-bond donors (Lipinski definition) is 2. The first-order valence-electron chi connectivity index (χ1n) is 6.21. The lowest BCUT2D eigenvalue weighted by molar-refractivity contribution is -0.0613. The molecule has 96 valence electrons. The summed E-state index contributed by atoms with van der Waals surface area (Å²) in [4.78, 5) is 0. The Balaban J connectivity index is 2.24. The standard InChI is InChI=1S/C12H21N3O2/c1-2-15-10(3-6-14-15)11(16)12(9-13)4-7-17-8-5-12/h3,6,11,16H,2,4-5,7-9,13H2,1H3. The topological polar surface area (TPSA) is 73.3 Å². The Morgan fingerprint density at radius 3 is 2.88 bits per heavy atom. The Morgan fingerprint density at radius 2 is 2.29 bits per heavy atom. The normalized spacial score (nSPS) is 21.4. The predicted octanol–water partition coefficient (Wildman–Crippen LogP) is 0.692. The van der Waals surface area contributed by atoms with E-state index in [1.54, 1.807) is 6.20 Å². The average Bonchev–Trinajstić information content (AvgIpc) is 2.86. The van der Waals surface area contributed by atoms with Gasteiger partial charge in [0, 0.05) is 37.9 Å². The van der Waals surface area contributed by atoms with E-state index in [9.17, 15) is 5.11 Å². The predicted molar refractivity (Wildman–Crippen MR) is 64.4 cm³/mol. The van der Waals surface area contributed by atoms with Gasteiger partial charge in [0.25, 0.3) is 0 Å². The molecule has 1 fully saturated rings. The molecule has 0 spiro atoms. The van der Waals surface area contributed by atoms with Gasteiger partial charge in [-0.25, -0.2) is 0 Å². The van der Waals surface area contributed by atoms with Crippen molar-refractivity contribution in [3.05, 3.63) is 18.0 Å². The van der Waals surface area contributed by atoms with Crippen LogP contribution in [-0.4, -0.2) is 34.6 Å². The van der Waals surface area contributed by atoms with Crippen LogP contribution in [-0.2, 0) is 11.3 Å². The molecule has 1 aliphatic heterocycles. The molecule has 17 heavy (non-hydrogen) atoms. The molecule has 1 saturated heterocycles. The first-order chi connectivity index (χ1) is 8.23. The Labute approximate surface area is 102 Å². The van der Waals surface area contributed by atoms with Crippen molar-refractivity contribution in [3.8, 4) is 0 Å². The van der Waals surface area contributed by atoms with Crippen LogP contribution in [0.1, 0.15) is 31.6 Å². The van der Waals surface area contributed by atoms with Crippen LogP contribution >= 0.6 is 0 Å². The van der Waals surface area contributed by atoms with E-state index >= 15 is 0 Å². The molecule has 0 saturated carbocycles. The van der Waals surface area contributed by atoms with Gasteiger partial charge < -0.3 is 15.6 Å². The van der Waals surface area contributed by atoms with Crippen molar-refractivity contribution in [2.45, 2.75) is 32.4 Å². The molecule has 0 aromatic carbocycles. The molecule has 0 bridgehead atoms. The number of nitrogens with two attached hydrogens (primary N) is 1. The smallest absolute Gasteiger partial charge is 0.103 e. The zero-order valence-corrected chi connectivity index (χ0v) is 10.3. The second-order valence-electron chi connectivity index (χ2n) is 4.65. The van der Waals surface area contributed by atoms with Crippen LogP contribution in [0.2, 0.25) is 0 Å². The van der Waals surface area contributed by atoms with E-state index in [0.29, 0.717) is 19.8 Å². The second-order valence-corrected chi connectivity index (χ2v) is 4.65. The van der Waals surface area contributed by atoms with Crippen LogP contribution in [0.15, 0.2) is 12.3 Å². The van der Waals surface area contributed by atoms with Crippen LogP contribution in [0, 0.1) is 5.41 Å². The number of aromatic nitrogens is 2. The lowest BCUT2D eigenvalue weighted by Gasteiger charge is -2.40. The SMILES string of the molecule is CCn1nccc1C(O)C1(CN)CCOCC1. The molecular weight excluding hydrogens is 218 g/mol. The Kier molecular flexibility index (Phi) is 3.81. The van der Waals surface area contributed by atoms with E-state index in [-0.39, 0.29) is 5.41 Å². The third-order valence-electron chi connectivity index (χ3n) is 3.80. The highest BCUT2D eigenvalue weighted by Gasteiger charge is 2.40. The molecule has 5 nitrogen and oxygen atoms in total. The highest BCUT2D eigenvalue weighted by molar-refractivity contribution is 5.10. The van der Waals surface area contributed by atoms with E-state index < -0.39 is 6.10 Å². The highest BCUT2D eigenvalue weighted by Crippen LogP contribution is 2.41. The summed E-state index contributed by atoms with van der Waals surface area (Å²) in [6.07, 6.45) is 2.78. The highest BCUT2D eigenvalue weighted by atomic mass is 16.5. The van der Waals surface area contributed by atoms with Crippen LogP contribution in [0.4, 0.5) is 0 Å². The quantitative estimate of drug-likeness (QED) is 0.811. The molecule has 0 radical (unpaired) electrons. The Bertz CT molecular complexity index is 358. The molecule has 5 heteroatoms. The number of rotatable bonds is 4. The molecule has 0 aliphatic carbocycles. The van der Waals surface area contributed by atoms with Gasteiger partial charge in [-0.05, 0) is 25.8 Å². The molecule has 0 amide bonds. The monoisotopic (exact) mass is 239 g/mol. The van der Waals surface area contributed by atoms with Crippen molar-refractivity contribution < 1.29 is 9.84 Å². The molecule has 2 heterocycles. The fourth-order valence-electron chi connectivity index (χ4n) is 2.52. The lowest BCUT2D eigenvalue weighted by atomic mass is 9.74. The summed E-state index contributed by atoms with van der Waals surface area (Å²) < 4.78 is 7.19. The summed E-state index contributed by atoms with van der Waals surface area (Å²) in [5.74, 6) is 0. The van der Waals surface area contributed by atoms with Crippen molar-refractivity contribution in [2.75, 3.05) is 19.8 Å². The maximum atomic E-state index is 10.6. The molecule has 1 atom stereocenters. The number of aliphatic hydroxyl groups is 1. The molecule has 1 unspecified atom stereocenters.